The molecule has 0 atom stereocenters. The Morgan fingerprint density at radius 1 is 1.10 bits per heavy atom. The zero-order valence-electron chi connectivity index (χ0n) is 12.8. The van der Waals surface area contributed by atoms with E-state index in [1.54, 1.807) is 0 Å². The van der Waals surface area contributed by atoms with Crippen molar-refractivity contribution in [2.24, 2.45) is 5.41 Å². The lowest BCUT2D eigenvalue weighted by molar-refractivity contribution is -0.123. The average molecular weight is 284 g/mol. The molecule has 1 heterocycles. The molecule has 1 aromatic heterocycles. The van der Waals surface area contributed by atoms with E-state index in [1.165, 1.54) is 6.33 Å². The van der Waals surface area contributed by atoms with Crippen LogP contribution in [0.3, 0.4) is 0 Å². The third kappa shape index (κ3) is 4.27. The molecule has 5 nitrogen and oxygen atoms in total. The molecule has 0 aliphatic heterocycles. The fourth-order valence-electron chi connectivity index (χ4n) is 1.66. The van der Waals surface area contributed by atoms with Gasteiger partial charge >= 0.3 is 0 Å². The van der Waals surface area contributed by atoms with Crippen LogP contribution in [0.2, 0.25) is 0 Å². The van der Waals surface area contributed by atoms with Gasteiger partial charge in [0.2, 0.25) is 5.91 Å². The molecule has 2 aromatic rings. The second-order valence-corrected chi connectivity index (χ2v) is 5.95. The molecule has 0 fully saturated rings. The molecule has 1 aromatic carbocycles. The lowest BCUT2D eigenvalue weighted by Gasteiger charge is -2.18. The van der Waals surface area contributed by atoms with E-state index in [0.29, 0.717) is 0 Å². The molecule has 0 aliphatic carbocycles. The zero-order chi connectivity index (χ0) is 15.5. The number of carbonyl (C=O) groups excluding carboxylic acids is 1. The Morgan fingerprint density at radius 2 is 1.81 bits per heavy atom. The van der Waals surface area contributed by atoms with E-state index in [0.717, 1.165) is 22.9 Å². The van der Waals surface area contributed by atoms with Crippen molar-refractivity contribution in [1.29, 1.82) is 0 Å². The van der Waals surface area contributed by atoms with Crippen LogP contribution in [0.4, 0.5) is 17.2 Å². The van der Waals surface area contributed by atoms with Gasteiger partial charge in [0.25, 0.3) is 0 Å². The number of benzene rings is 1. The van der Waals surface area contributed by atoms with Gasteiger partial charge in [-0.25, -0.2) is 9.97 Å². The van der Waals surface area contributed by atoms with Gasteiger partial charge in [0.05, 0.1) is 0 Å². The smallest absolute Gasteiger partial charge is 0.229 e. The number of amides is 1. The maximum atomic E-state index is 12.0. The topological polar surface area (TPSA) is 66.9 Å². The van der Waals surface area contributed by atoms with Crippen molar-refractivity contribution < 1.29 is 4.79 Å². The summed E-state index contributed by atoms with van der Waals surface area (Å²) in [5, 5.41) is 6.10. The Labute approximate surface area is 124 Å². The first kappa shape index (κ1) is 15.0. The Hall–Kier alpha value is -2.43. The highest BCUT2D eigenvalue weighted by molar-refractivity contribution is 5.94. The summed E-state index contributed by atoms with van der Waals surface area (Å²) in [5.41, 5.74) is 2.09. The summed E-state index contributed by atoms with van der Waals surface area (Å²) < 4.78 is 0. The van der Waals surface area contributed by atoms with Crippen molar-refractivity contribution in [1.82, 2.24) is 9.97 Å². The maximum Gasteiger partial charge on any atom is 0.229 e. The lowest BCUT2D eigenvalue weighted by Crippen LogP contribution is -2.27. The van der Waals surface area contributed by atoms with Crippen molar-refractivity contribution in [2.75, 3.05) is 10.6 Å². The largest absolute Gasteiger partial charge is 0.340 e. The molecule has 0 radical (unpaired) electrons. The fourth-order valence-corrected chi connectivity index (χ4v) is 1.66. The van der Waals surface area contributed by atoms with Crippen molar-refractivity contribution in [3.05, 3.63) is 42.4 Å². The first-order valence-electron chi connectivity index (χ1n) is 6.82. The van der Waals surface area contributed by atoms with E-state index in [1.807, 2.05) is 58.0 Å². The van der Waals surface area contributed by atoms with Crippen LogP contribution in [0.1, 0.15) is 26.5 Å². The van der Waals surface area contributed by atoms with Crippen LogP contribution in [0.15, 0.2) is 36.7 Å². The van der Waals surface area contributed by atoms with E-state index >= 15 is 0 Å². The highest BCUT2D eigenvalue weighted by Crippen LogP contribution is 2.21. The number of nitrogens with one attached hydrogen (secondary N) is 2. The monoisotopic (exact) mass is 284 g/mol. The normalized spacial score (nSPS) is 11.0. The highest BCUT2D eigenvalue weighted by Gasteiger charge is 2.21. The third-order valence-electron chi connectivity index (χ3n) is 2.88. The number of rotatable bonds is 3. The molecular formula is C16H20N4O. The molecular weight excluding hydrogens is 264 g/mol. The lowest BCUT2D eigenvalue weighted by atomic mass is 9.95. The zero-order valence-corrected chi connectivity index (χ0v) is 12.8. The number of aromatic nitrogens is 2. The first-order valence-corrected chi connectivity index (χ1v) is 6.82. The summed E-state index contributed by atoms with van der Waals surface area (Å²) in [5.74, 6) is 0.708. The minimum Gasteiger partial charge on any atom is -0.340 e. The molecule has 0 spiro atoms. The first-order chi connectivity index (χ1) is 9.84. The summed E-state index contributed by atoms with van der Waals surface area (Å²) in [6.45, 7) is 7.56. The third-order valence-corrected chi connectivity index (χ3v) is 2.88. The Kier molecular flexibility index (Phi) is 4.21. The molecule has 1 amide bonds. The Balaban J connectivity index is 2.13. The van der Waals surface area contributed by atoms with Crippen LogP contribution in [-0.2, 0) is 4.79 Å². The van der Waals surface area contributed by atoms with Crippen molar-refractivity contribution in [3.8, 4) is 0 Å². The maximum absolute atomic E-state index is 12.0. The molecule has 2 rings (SSSR count). The van der Waals surface area contributed by atoms with Gasteiger partial charge in [-0.05, 0) is 25.1 Å². The fraction of sp³-hybridized carbons (Fsp3) is 0.312. The predicted molar refractivity (Wildman–Crippen MR) is 84.6 cm³/mol. The molecule has 0 aliphatic rings. The van der Waals surface area contributed by atoms with E-state index in [9.17, 15) is 4.79 Å². The number of carbonyl (C=O) groups is 1. The SMILES string of the molecule is Cc1cc(Nc2cccc(NC(=O)C(C)(C)C)c2)ncn1. The van der Waals surface area contributed by atoms with Gasteiger partial charge in [-0.2, -0.15) is 0 Å². The number of aryl methyl sites for hydroxylation is 1. The molecule has 5 heteroatoms. The minimum atomic E-state index is -0.423. The molecule has 0 bridgehead atoms. The summed E-state index contributed by atoms with van der Waals surface area (Å²) in [6, 6.07) is 9.40. The van der Waals surface area contributed by atoms with Crippen LogP contribution < -0.4 is 10.6 Å². The standard InChI is InChI=1S/C16H20N4O/c1-11-8-14(18-10-17-11)19-12-6-5-7-13(9-12)20-15(21)16(2,3)4/h5-10H,1-4H3,(H,20,21)(H,17,18,19). The highest BCUT2D eigenvalue weighted by atomic mass is 16.2. The quantitative estimate of drug-likeness (QED) is 0.905. The Morgan fingerprint density at radius 3 is 2.48 bits per heavy atom. The molecule has 2 N–H and O–H groups in total. The average Bonchev–Trinajstić information content (AvgIpc) is 2.38. The van der Waals surface area contributed by atoms with Gasteiger partial charge < -0.3 is 10.6 Å². The molecule has 0 unspecified atom stereocenters. The van der Waals surface area contributed by atoms with Gasteiger partial charge in [0, 0.05) is 28.6 Å². The summed E-state index contributed by atoms with van der Waals surface area (Å²) in [6.07, 6.45) is 1.52. The van der Waals surface area contributed by atoms with Crippen LogP contribution in [0.5, 0.6) is 0 Å². The Bertz CT molecular complexity index is 647. The summed E-state index contributed by atoms with van der Waals surface area (Å²) in [4.78, 5) is 20.2. The summed E-state index contributed by atoms with van der Waals surface area (Å²) >= 11 is 0. The number of hydrogen-bond acceptors (Lipinski definition) is 4. The van der Waals surface area contributed by atoms with E-state index in [2.05, 4.69) is 20.6 Å². The van der Waals surface area contributed by atoms with Gasteiger partial charge in [0.1, 0.15) is 12.1 Å². The number of hydrogen-bond donors (Lipinski definition) is 2. The van der Waals surface area contributed by atoms with E-state index in [4.69, 9.17) is 0 Å². The molecule has 0 saturated heterocycles. The van der Waals surface area contributed by atoms with Gasteiger partial charge in [0.15, 0.2) is 0 Å². The van der Waals surface area contributed by atoms with Crippen LogP contribution in [-0.4, -0.2) is 15.9 Å². The predicted octanol–water partition coefficient (Wildman–Crippen LogP) is 3.51. The number of anilines is 3. The molecule has 0 saturated carbocycles. The van der Waals surface area contributed by atoms with Crippen LogP contribution in [0, 0.1) is 12.3 Å². The van der Waals surface area contributed by atoms with Gasteiger partial charge in [-0.1, -0.05) is 26.8 Å². The molecule has 110 valence electrons. The van der Waals surface area contributed by atoms with Crippen LogP contribution in [0.25, 0.3) is 0 Å². The van der Waals surface area contributed by atoms with E-state index < -0.39 is 5.41 Å². The van der Waals surface area contributed by atoms with Crippen molar-refractivity contribution in [2.45, 2.75) is 27.7 Å². The van der Waals surface area contributed by atoms with Crippen molar-refractivity contribution in [3.63, 3.8) is 0 Å². The second-order valence-electron chi connectivity index (χ2n) is 5.95. The molecule has 21 heavy (non-hydrogen) atoms. The van der Waals surface area contributed by atoms with E-state index in [-0.39, 0.29) is 5.91 Å². The van der Waals surface area contributed by atoms with Crippen molar-refractivity contribution >= 4 is 23.1 Å². The van der Waals surface area contributed by atoms with Crippen LogP contribution >= 0.6 is 0 Å². The van der Waals surface area contributed by atoms with Gasteiger partial charge in [-0.3, -0.25) is 4.79 Å². The minimum absolute atomic E-state index is 0.0162. The second kappa shape index (κ2) is 5.91. The summed E-state index contributed by atoms with van der Waals surface area (Å²) in [7, 11) is 0. The number of nitrogens with zero attached hydrogens (tertiary/aromatic N) is 2. The van der Waals surface area contributed by atoms with Gasteiger partial charge in [-0.15, -0.1) is 0 Å².